The van der Waals surface area contributed by atoms with E-state index in [-0.39, 0.29) is 16.4 Å². The lowest BCUT2D eigenvalue weighted by molar-refractivity contribution is -0.131. The first-order valence-corrected chi connectivity index (χ1v) is 9.96. The van der Waals surface area contributed by atoms with Gasteiger partial charge in [-0.3, -0.25) is 0 Å². The first-order chi connectivity index (χ1) is 13.6. The maximum atomic E-state index is 10.7. The van der Waals surface area contributed by atoms with Crippen LogP contribution in [0.2, 0.25) is 0 Å². The predicted molar refractivity (Wildman–Crippen MR) is 105 cm³/mol. The normalized spacial score (nSPS) is 32.4. The van der Waals surface area contributed by atoms with Crippen molar-refractivity contribution in [3.05, 3.63) is 72.3 Å². The summed E-state index contributed by atoms with van der Waals surface area (Å²) >= 11 is 0. The van der Waals surface area contributed by atoms with E-state index in [1.165, 1.54) is 24.5 Å². The average molecular weight is 376 g/mol. The van der Waals surface area contributed by atoms with Gasteiger partial charge in [-0.05, 0) is 61.9 Å². The Balaban J connectivity index is 1.35. The van der Waals surface area contributed by atoms with Gasteiger partial charge in [0.15, 0.2) is 0 Å². The minimum Gasteiger partial charge on any atom is -0.478 e. The smallest absolute Gasteiger partial charge is 0.327 e. The summed E-state index contributed by atoms with van der Waals surface area (Å²) in [6, 6.07) is 18.2. The highest BCUT2D eigenvalue weighted by Gasteiger charge is 2.84. The number of carboxylic acids is 1. The lowest BCUT2D eigenvalue weighted by Gasteiger charge is -2.48. The Morgan fingerprint density at radius 1 is 1.11 bits per heavy atom. The highest BCUT2D eigenvalue weighted by molar-refractivity contribution is 5.79. The van der Waals surface area contributed by atoms with E-state index in [4.69, 9.17) is 14.6 Å². The maximum Gasteiger partial charge on any atom is 0.327 e. The van der Waals surface area contributed by atoms with Gasteiger partial charge in [0.2, 0.25) is 0 Å². The summed E-state index contributed by atoms with van der Waals surface area (Å²) in [5.41, 5.74) is 1.46. The zero-order chi connectivity index (χ0) is 19.2. The third-order valence-corrected chi connectivity index (χ3v) is 7.13. The largest absolute Gasteiger partial charge is 0.478 e. The van der Waals surface area contributed by atoms with Crippen LogP contribution in [0, 0.1) is 10.8 Å². The van der Waals surface area contributed by atoms with E-state index in [2.05, 4.69) is 18.2 Å². The van der Waals surface area contributed by atoms with Gasteiger partial charge < -0.3 is 14.6 Å². The van der Waals surface area contributed by atoms with Crippen molar-refractivity contribution in [1.82, 2.24) is 0 Å². The van der Waals surface area contributed by atoms with Gasteiger partial charge in [0.25, 0.3) is 0 Å². The van der Waals surface area contributed by atoms with Crippen LogP contribution in [0.5, 0.6) is 11.5 Å². The molecule has 2 saturated carbocycles. The lowest BCUT2D eigenvalue weighted by atomic mass is 9.60. The minimum absolute atomic E-state index is 0.195. The SMILES string of the molecule is O=C(O)C=CCCC12COC3(c4cccc(Oc5ccccc5)c4)CCC13C2. The second-order valence-electron chi connectivity index (χ2n) is 8.38. The Morgan fingerprint density at radius 2 is 1.93 bits per heavy atom. The van der Waals surface area contributed by atoms with E-state index in [0.29, 0.717) is 0 Å². The Morgan fingerprint density at radius 3 is 2.68 bits per heavy atom. The number of allylic oxidation sites excluding steroid dienone is 1. The van der Waals surface area contributed by atoms with Gasteiger partial charge in [-0.15, -0.1) is 0 Å². The van der Waals surface area contributed by atoms with Crippen molar-refractivity contribution in [2.45, 2.75) is 37.7 Å². The molecule has 2 aliphatic carbocycles. The van der Waals surface area contributed by atoms with Gasteiger partial charge >= 0.3 is 5.97 Å². The topological polar surface area (TPSA) is 55.8 Å². The molecule has 3 unspecified atom stereocenters. The fraction of sp³-hybridized carbons (Fsp3) is 0.375. The number of hydrogen-bond donors (Lipinski definition) is 1. The van der Waals surface area contributed by atoms with Gasteiger partial charge in [0.05, 0.1) is 12.2 Å². The average Bonchev–Trinajstić information content (AvgIpc) is 3.33. The highest BCUT2D eigenvalue weighted by atomic mass is 16.5. The van der Waals surface area contributed by atoms with Gasteiger partial charge in [0.1, 0.15) is 11.5 Å². The van der Waals surface area contributed by atoms with Crippen molar-refractivity contribution >= 4 is 5.97 Å². The van der Waals surface area contributed by atoms with Crippen LogP contribution in [0.1, 0.15) is 37.7 Å². The van der Waals surface area contributed by atoms with E-state index in [0.717, 1.165) is 37.4 Å². The fourth-order valence-corrected chi connectivity index (χ4v) is 5.66. The number of carboxylic acid groups (broad SMARTS) is 1. The molecule has 1 spiro atoms. The van der Waals surface area contributed by atoms with Crippen LogP contribution in [-0.4, -0.2) is 17.7 Å². The second-order valence-corrected chi connectivity index (χ2v) is 8.38. The molecule has 4 nitrogen and oxygen atoms in total. The zero-order valence-electron chi connectivity index (χ0n) is 15.8. The van der Waals surface area contributed by atoms with E-state index < -0.39 is 5.97 Å². The van der Waals surface area contributed by atoms with Gasteiger partial charge in [-0.2, -0.15) is 0 Å². The number of para-hydroxylation sites is 1. The number of benzene rings is 2. The molecule has 28 heavy (non-hydrogen) atoms. The van der Waals surface area contributed by atoms with Crippen LogP contribution in [0.4, 0.5) is 0 Å². The molecule has 3 atom stereocenters. The molecule has 144 valence electrons. The quantitative estimate of drug-likeness (QED) is 0.667. The van der Waals surface area contributed by atoms with Crippen LogP contribution in [0.3, 0.4) is 0 Å². The van der Waals surface area contributed by atoms with Crippen molar-refractivity contribution in [2.75, 3.05) is 6.61 Å². The molecule has 1 saturated heterocycles. The number of rotatable bonds is 7. The Hall–Kier alpha value is -2.59. The summed E-state index contributed by atoms with van der Waals surface area (Å²) in [5, 5.41) is 8.78. The van der Waals surface area contributed by atoms with E-state index in [1.807, 2.05) is 36.4 Å². The molecule has 4 heteroatoms. The molecule has 0 aromatic heterocycles. The molecule has 1 heterocycles. The monoisotopic (exact) mass is 376 g/mol. The molecule has 3 fully saturated rings. The Kier molecular flexibility index (Phi) is 3.88. The van der Waals surface area contributed by atoms with E-state index >= 15 is 0 Å². The van der Waals surface area contributed by atoms with Crippen LogP contribution in [0.25, 0.3) is 0 Å². The first-order valence-electron chi connectivity index (χ1n) is 9.96. The molecular weight excluding hydrogens is 352 g/mol. The van der Waals surface area contributed by atoms with Gasteiger partial charge in [0, 0.05) is 16.9 Å². The minimum atomic E-state index is -0.876. The Labute approximate surface area is 164 Å². The summed E-state index contributed by atoms with van der Waals surface area (Å²) in [5.74, 6) is 0.795. The van der Waals surface area contributed by atoms with Crippen LogP contribution in [-0.2, 0) is 15.1 Å². The zero-order valence-corrected chi connectivity index (χ0v) is 15.8. The number of aliphatic carboxylic acids is 1. The molecule has 2 aromatic rings. The summed E-state index contributed by atoms with van der Waals surface area (Å²) in [6.07, 6.45) is 8.25. The first kappa shape index (κ1) is 17.5. The van der Waals surface area contributed by atoms with Crippen LogP contribution >= 0.6 is 0 Å². The summed E-state index contributed by atoms with van der Waals surface area (Å²) in [4.78, 5) is 10.7. The summed E-state index contributed by atoms with van der Waals surface area (Å²) in [7, 11) is 0. The molecule has 0 amide bonds. The fourth-order valence-electron chi connectivity index (χ4n) is 5.66. The Bertz CT molecular complexity index is 933. The summed E-state index contributed by atoms with van der Waals surface area (Å²) in [6.45, 7) is 0.775. The standard InChI is InChI=1S/C24H24O4/c25-21(26)11-4-5-12-22-16-23(22)13-14-24(23,27-17-22)18-7-6-10-20(15-18)28-19-8-2-1-3-9-19/h1-4,6-11,15H,5,12-14,16-17H2,(H,25,26). The molecule has 0 radical (unpaired) electrons. The number of hydrogen-bond acceptors (Lipinski definition) is 3. The molecule has 1 aliphatic heterocycles. The predicted octanol–water partition coefficient (Wildman–Crippen LogP) is 5.30. The van der Waals surface area contributed by atoms with Crippen molar-refractivity contribution in [2.24, 2.45) is 10.8 Å². The molecule has 2 aromatic carbocycles. The van der Waals surface area contributed by atoms with Crippen molar-refractivity contribution in [1.29, 1.82) is 0 Å². The third kappa shape index (κ3) is 2.44. The molecule has 5 rings (SSSR count). The number of ether oxygens (including phenoxy) is 2. The molecule has 0 bridgehead atoms. The summed E-state index contributed by atoms with van der Waals surface area (Å²) < 4.78 is 12.5. The van der Waals surface area contributed by atoms with Crippen molar-refractivity contribution < 1.29 is 19.4 Å². The molecular formula is C24H24O4. The third-order valence-electron chi connectivity index (χ3n) is 7.13. The number of carbonyl (C=O) groups is 1. The highest BCUT2D eigenvalue weighted by Crippen LogP contribution is 2.87. The van der Waals surface area contributed by atoms with Crippen LogP contribution in [0.15, 0.2) is 66.7 Å². The van der Waals surface area contributed by atoms with Crippen LogP contribution < -0.4 is 4.74 Å². The molecule has 3 aliphatic rings. The van der Waals surface area contributed by atoms with Crippen molar-refractivity contribution in [3.8, 4) is 11.5 Å². The van der Waals surface area contributed by atoms with Crippen molar-refractivity contribution in [3.63, 3.8) is 0 Å². The van der Waals surface area contributed by atoms with E-state index in [1.54, 1.807) is 6.08 Å². The van der Waals surface area contributed by atoms with Gasteiger partial charge in [-0.25, -0.2) is 4.79 Å². The lowest BCUT2D eigenvalue weighted by Crippen LogP contribution is -2.46. The molecule has 1 N–H and O–H groups in total. The van der Waals surface area contributed by atoms with Gasteiger partial charge in [-0.1, -0.05) is 36.4 Å². The van der Waals surface area contributed by atoms with E-state index in [9.17, 15) is 4.79 Å². The maximum absolute atomic E-state index is 10.7. The second kappa shape index (κ2) is 6.21.